The average molecular weight is 257 g/mol. The van der Waals surface area contributed by atoms with Gasteiger partial charge in [0.25, 0.3) is 0 Å². The van der Waals surface area contributed by atoms with Gasteiger partial charge in [-0.25, -0.2) is 8.78 Å². The molecular formula is C17H15F2. The monoisotopic (exact) mass is 257 g/mol. The fourth-order valence-corrected chi connectivity index (χ4v) is 1.91. The fourth-order valence-electron chi connectivity index (χ4n) is 1.91. The summed E-state index contributed by atoms with van der Waals surface area (Å²) in [6.07, 6.45) is 3.66. The molecule has 0 bridgehead atoms. The van der Waals surface area contributed by atoms with Crippen LogP contribution in [0.2, 0.25) is 0 Å². The van der Waals surface area contributed by atoms with Gasteiger partial charge in [-0.05, 0) is 53.8 Å². The number of unbranched alkanes of at least 4 members (excludes halogenated alkanes) is 1. The minimum Gasteiger partial charge on any atom is -0.207 e. The SMILES string of the molecule is [CH2]CCC=C(c1ccc(F)cc1)c1ccc(F)cc1. The molecule has 2 aromatic carbocycles. The number of allylic oxidation sites excluding steroid dienone is 1. The molecule has 0 fully saturated rings. The van der Waals surface area contributed by atoms with Crippen molar-refractivity contribution >= 4 is 5.57 Å². The Morgan fingerprint density at radius 1 is 0.842 bits per heavy atom. The summed E-state index contributed by atoms with van der Waals surface area (Å²) in [5, 5.41) is 0. The molecule has 0 aromatic heterocycles. The van der Waals surface area contributed by atoms with Gasteiger partial charge in [-0.2, -0.15) is 0 Å². The summed E-state index contributed by atoms with van der Waals surface area (Å²) in [7, 11) is 0. The van der Waals surface area contributed by atoms with E-state index < -0.39 is 0 Å². The van der Waals surface area contributed by atoms with E-state index in [0.29, 0.717) is 0 Å². The van der Waals surface area contributed by atoms with Gasteiger partial charge in [0, 0.05) is 0 Å². The van der Waals surface area contributed by atoms with E-state index in [0.717, 1.165) is 29.5 Å². The highest BCUT2D eigenvalue weighted by molar-refractivity contribution is 5.79. The van der Waals surface area contributed by atoms with Crippen LogP contribution >= 0.6 is 0 Å². The molecule has 0 N–H and O–H groups in total. The van der Waals surface area contributed by atoms with Crippen molar-refractivity contribution in [3.63, 3.8) is 0 Å². The number of hydrogen-bond acceptors (Lipinski definition) is 0. The fraction of sp³-hybridized carbons (Fsp3) is 0.118. The zero-order chi connectivity index (χ0) is 13.7. The lowest BCUT2D eigenvalue weighted by Crippen LogP contribution is -1.89. The molecule has 0 aliphatic rings. The van der Waals surface area contributed by atoms with Crippen LogP contribution in [0.4, 0.5) is 8.78 Å². The first-order valence-electron chi connectivity index (χ1n) is 6.22. The Labute approximate surface area is 112 Å². The van der Waals surface area contributed by atoms with Gasteiger partial charge in [-0.3, -0.25) is 0 Å². The number of rotatable bonds is 4. The second-order valence-electron chi connectivity index (χ2n) is 4.27. The normalized spacial score (nSPS) is 10.3. The van der Waals surface area contributed by atoms with Crippen molar-refractivity contribution in [2.75, 3.05) is 0 Å². The third kappa shape index (κ3) is 3.50. The molecule has 0 saturated carbocycles. The van der Waals surface area contributed by atoms with Crippen LogP contribution in [0.3, 0.4) is 0 Å². The Balaban J connectivity index is 2.41. The molecule has 97 valence electrons. The topological polar surface area (TPSA) is 0 Å². The Kier molecular flexibility index (Phi) is 4.45. The van der Waals surface area contributed by atoms with Crippen molar-refractivity contribution in [3.05, 3.63) is 84.3 Å². The van der Waals surface area contributed by atoms with Gasteiger partial charge in [0.15, 0.2) is 0 Å². The minimum absolute atomic E-state index is 0.264. The summed E-state index contributed by atoms with van der Waals surface area (Å²) < 4.78 is 26.0. The molecule has 0 amide bonds. The highest BCUT2D eigenvalue weighted by Crippen LogP contribution is 2.24. The van der Waals surface area contributed by atoms with Crippen molar-refractivity contribution in [3.8, 4) is 0 Å². The van der Waals surface area contributed by atoms with E-state index in [1.54, 1.807) is 24.3 Å². The molecule has 0 nitrogen and oxygen atoms in total. The van der Waals surface area contributed by atoms with E-state index in [4.69, 9.17) is 0 Å². The maximum absolute atomic E-state index is 13.0. The molecule has 0 aliphatic heterocycles. The molecule has 0 aliphatic carbocycles. The van der Waals surface area contributed by atoms with Gasteiger partial charge >= 0.3 is 0 Å². The maximum atomic E-state index is 13.0. The van der Waals surface area contributed by atoms with Gasteiger partial charge in [-0.15, -0.1) is 0 Å². The lowest BCUT2D eigenvalue weighted by Gasteiger charge is -2.09. The van der Waals surface area contributed by atoms with Crippen LogP contribution in [0, 0.1) is 18.6 Å². The predicted molar refractivity (Wildman–Crippen MR) is 74.5 cm³/mol. The molecule has 0 unspecified atom stereocenters. The van der Waals surface area contributed by atoms with Crippen molar-refractivity contribution in [1.29, 1.82) is 0 Å². The Morgan fingerprint density at radius 3 is 1.63 bits per heavy atom. The maximum Gasteiger partial charge on any atom is 0.123 e. The molecule has 0 atom stereocenters. The van der Waals surface area contributed by atoms with E-state index in [9.17, 15) is 8.78 Å². The van der Waals surface area contributed by atoms with Crippen molar-refractivity contribution < 1.29 is 8.78 Å². The van der Waals surface area contributed by atoms with Crippen LogP contribution in [0.15, 0.2) is 54.6 Å². The summed E-state index contributed by atoms with van der Waals surface area (Å²) in [4.78, 5) is 0. The van der Waals surface area contributed by atoms with Crippen LogP contribution in [-0.2, 0) is 0 Å². The third-order valence-corrected chi connectivity index (χ3v) is 2.86. The summed E-state index contributed by atoms with van der Waals surface area (Å²) >= 11 is 0. The van der Waals surface area contributed by atoms with E-state index in [2.05, 4.69) is 6.92 Å². The molecule has 1 radical (unpaired) electrons. The van der Waals surface area contributed by atoms with Crippen molar-refractivity contribution in [2.45, 2.75) is 12.8 Å². The summed E-state index contributed by atoms with van der Waals surface area (Å²) in [5.74, 6) is -0.529. The van der Waals surface area contributed by atoms with Crippen LogP contribution in [0.5, 0.6) is 0 Å². The van der Waals surface area contributed by atoms with E-state index in [-0.39, 0.29) is 11.6 Å². The number of hydrogen-bond donors (Lipinski definition) is 0. The van der Waals surface area contributed by atoms with Gasteiger partial charge in [-0.1, -0.05) is 37.3 Å². The second kappa shape index (κ2) is 6.28. The van der Waals surface area contributed by atoms with Gasteiger partial charge in [0.2, 0.25) is 0 Å². The smallest absolute Gasteiger partial charge is 0.123 e. The van der Waals surface area contributed by atoms with Crippen LogP contribution in [-0.4, -0.2) is 0 Å². The quantitative estimate of drug-likeness (QED) is 0.722. The second-order valence-corrected chi connectivity index (χ2v) is 4.27. The zero-order valence-electron chi connectivity index (χ0n) is 10.6. The standard InChI is InChI=1S/C17H15F2/c1-2-3-4-17(13-5-9-15(18)10-6-13)14-7-11-16(19)12-8-14/h4-12H,1-3H2. The van der Waals surface area contributed by atoms with E-state index in [1.807, 2.05) is 6.08 Å². The molecular weight excluding hydrogens is 242 g/mol. The predicted octanol–water partition coefficient (Wildman–Crippen LogP) is 5.01. The molecule has 0 saturated heterocycles. The molecule has 0 heterocycles. The molecule has 0 spiro atoms. The number of benzene rings is 2. The van der Waals surface area contributed by atoms with Crippen LogP contribution in [0.25, 0.3) is 5.57 Å². The summed E-state index contributed by atoms with van der Waals surface area (Å²) in [6, 6.07) is 12.6. The first-order valence-corrected chi connectivity index (χ1v) is 6.22. The summed E-state index contributed by atoms with van der Waals surface area (Å²) in [5.41, 5.74) is 2.81. The lowest BCUT2D eigenvalue weighted by molar-refractivity contribution is 0.627. The van der Waals surface area contributed by atoms with Crippen molar-refractivity contribution in [2.24, 2.45) is 0 Å². The largest absolute Gasteiger partial charge is 0.207 e. The Hall–Kier alpha value is -1.96. The Morgan fingerprint density at radius 2 is 1.26 bits per heavy atom. The van der Waals surface area contributed by atoms with E-state index in [1.165, 1.54) is 24.3 Å². The van der Waals surface area contributed by atoms with E-state index >= 15 is 0 Å². The first-order chi connectivity index (χ1) is 9.20. The van der Waals surface area contributed by atoms with Gasteiger partial charge in [0.1, 0.15) is 11.6 Å². The molecule has 2 rings (SSSR count). The van der Waals surface area contributed by atoms with Crippen LogP contribution in [0.1, 0.15) is 24.0 Å². The molecule has 19 heavy (non-hydrogen) atoms. The number of halogens is 2. The first kappa shape index (κ1) is 13.5. The highest BCUT2D eigenvalue weighted by Gasteiger charge is 2.05. The Bertz CT molecular complexity index is 503. The van der Waals surface area contributed by atoms with Gasteiger partial charge < -0.3 is 0 Å². The minimum atomic E-state index is -0.264. The highest BCUT2D eigenvalue weighted by atomic mass is 19.1. The third-order valence-electron chi connectivity index (χ3n) is 2.86. The average Bonchev–Trinajstić information content (AvgIpc) is 2.43. The lowest BCUT2D eigenvalue weighted by atomic mass is 9.96. The summed E-state index contributed by atoms with van der Waals surface area (Å²) in [6.45, 7) is 3.81. The van der Waals surface area contributed by atoms with Crippen LogP contribution < -0.4 is 0 Å². The van der Waals surface area contributed by atoms with Crippen molar-refractivity contribution in [1.82, 2.24) is 0 Å². The van der Waals surface area contributed by atoms with Gasteiger partial charge in [0.05, 0.1) is 0 Å². The molecule has 2 aromatic rings. The molecule has 2 heteroatoms. The zero-order valence-corrected chi connectivity index (χ0v) is 10.6.